The van der Waals surface area contributed by atoms with E-state index in [0.717, 1.165) is 0 Å². The van der Waals surface area contributed by atoms with Crippen molar-refractivity contribution in [1.82, 2.24) is 19.7 Å². The lowest BCUT2D eigenvalue weighted by atomic mass is 10.2. The van der Waals surface area contributed by atoms with Gasteiger partial charge in [0.15, 0.2) is 21.5 Å². The molecule has 0 aromatic carbocycles. The summed E-state index contributed by atoms with van der Waals surface area (Å²) in [7, 11) is -0.986. The topological polar surface area (TPSA) is 102 Å². The number of rotatable bonds is 6. The Balaban J connectivity index is 2.68. The number of hydrogen-bond acceptors (Lipinski definition) is 7. The normalized spacial score (nSPS) is 13.6. The van der Waals surface area contributed by atoms with Crippen LogP contribution in [0, 0.1) is 0 Å². The third kappa shape index (κ3) is 4.70. The van der Waals surface area contributed by atoms with Gasteiger partial charge in [-0.3, -0.25) is 9.98 Å². The largest absolute Gasteiger partial charge is 0.433 e. The first kappa shape index (κ1) is 22.7. The van der Waals surface area contributed by atoms with E-state index < -0.39 is 21.7 Å². The van der Waals surface area contributed by atoms with E-state index in [4.69, 9.17) is 11.6 Å². The number of nitrogens with zero attached hydrogens (tertiary/aromatic N) is 6. The van der Waals surface area contributed by atoms with Crippen molar-refractivity contribution >= 4 is 33.9 Å². The van der Waals surface area contributed by atoms with Crippen molar-refractivity contribution in [3.63, 3.8) is 0 Å². The quantitative estimate of drug-likeness (QED) is 0.499. The van der Waals surface area contributed by atoms with Gasteiger partial charge < -0.3 is 4.57 Å². The van der Waals surface area contributed by atoms with Crippen LogP contribution in [-0.4, -0.2) is 59.6 Å². The second kappa shape index (κ2) is 8.41. The summed E-state index contributed by atoms with van der Waals surface area (Å²) in [6.45, 7) is 4.38. The lowest BCUT2D eigenvalue weighted by Crippen LogP contribution is -2.15. The molecular weight excluding hydrogens is 433 g/mol. The Bertz CT molecular complexity index is 1110. The number of sulfone groups is 1. The summed E-state index contributed by atoms with van der Waals surface area (Å²) in [5, 5.41) is 7.74. The second-order valence-electron chi connectivity index (χ2n) is 5.58. The summed E-state index contributed by atoms with van der Waals surface area (Å²) in [6, 6.07) is 2.61. The van der Waals surface area contributed by atoms with Crippen molar-refractivity contribution in [2.45, 2.75) is 18.0 Å². The van der Waals surface area contributed by atoms with E-state index in [-0.39, 0.29) is 38.9 Å². The lowest BCUT2D eigenvalue weighted by molar-refractivity contribution is -0.0921. The monoisotopic (exact) mass is 448 g/mol. The predicted molar refractivity (Wildman–Crippen MR) is 103 cm³/mol. The molecule has 0 N–H and O–H groups in total. The summed E-state index contributed by atoms with van der Waals surface area (Å²) in [5.74, 6) is -0.267. The van der Waals surface area contributed by atoms with Crippen LogP contribution in [0.15, 0.2) is 38.8 Å². The zero-order valence-corrected chi connectivity index (χ0v) is 17.1. The maximum Gasteiger partial charge on any atom is 0.433 e. The van der Waals surface area contributed by atoms with E-state index in [1.807, 2.05) is 0 Å². The van der Waals surface area contributed by atoms with Crippen molar-refractivity contribution in [3.05, 3.63) is 34.9 Å². The summed E-state index contributed by atoms with van der Waals surface area (Å²) < 4.78 is 65.0. The van der Waals surface area contributed by atoms with Gasteiger partial charge in [-0.2, -0.15) is 13.2 Å². The predicted octanol–water partition coefficient (Wildman–Crippen LogP) is 2.89. The highest BCUT2D eigenvalue weighted by Crippen LogP contribution is 2.29. The number of hydrogen-bond donors (Lipinski definition) is 0. The van der Waals surface area contributed by atoms with Crippen molar-refractivity contribution in [2.24, 2.45) is 17.0 Å². The highest BCUT2D eigenvalue weighted by atomic mass is 35.5. The lowest BCUT2D eigenvalue weighted by Gasteiger charge is -2.10. The molecule has 0 aliphatic heterocycles. The van der Waals surface area contributed by atoms with Gasteiger partial charge in [0.2, 0.25) is 0 Å². The molecule has 8 nitrogen and oxygen atoms in total. The minimum absolute atomic E-state index is 0.0100. The molecule has 2 heterocycles. The van der Waals surface area contributed by atoms with E-state index in [1.54, 1.807) is 0 Å². The minimum atomic E-state index is -4.74. The molecule has 2 aromatic heterocycles. The summed E-state index contributed by atoms with van der Waals surface area (Å²) >= 11 is 5.91. The van der Waals surface area contributed by atoms with Gasteiger partial charge in [-0.25, -0.2) is 13.4 Å². The molecule has 0 aliphatic rings. The molecule has 29 heavy (non-hydrogen) atoms. The van der Waals surface area contributed by atoms with Gasteiger partial charge in [0.1, 0.15) is 22.3 Å². The molecule has 0 aliphatic carbocycles. The molecule has 0 spiro atoms. The number of allylic oxidation sites excluding steroid dienone is 2. The number of alkyl halides is 3. The van der Waals surface area contributed by atoms with Crippen LogP contribution in [0.3, 0.4) is 0 Å². The van der Waals surface area contributed by atoms with E-state index in [9.17, 15) is 21.6 Å². The summed E-state index contributed by atoms with van der Waals surface area (Å²) in [6.07, 6.45) is -4.08. The SMILES string of the molecule is C=N/C(=C\C(=NC)c1nnc(-c2nc(Cl)ccc2S(=O)(=O)CC)n1C)C(F)(F)F. The zero-order valence-electron chi connectivity index (χ0n) is 15.6. The Labute approximate surface area is 169 Å². The van der Waals surface area contributed by atoms with Crippen molar-refractivity contribution < 1.29 is 21.6 Å². The van der Waals surface area contributed by atoms with Gasteiger partial charge in [-0.05, 0) is 24.9 Å². The average molecular weight is 449 g/mol. The molecule has 13 heteroatoms. The van der Waals surface area contributed by atoms with Crippen molar-refractivity contribution in [2.75, 3.05) is 12.8 Å². The molecular formula is C16H16ClF3N6O2S. The Hall–Kier alpha value is -2.60. The smallest absolute Gasteiger partial charge is 0.307 e. The Morgan fingerprint density at radius 3 is 2.52 bits per heavy atom. The molecule has 156 valence electrons. The number of aliphatic imine (C=N–C) groups is 2. The first-order valence-corrected chi connectivity index (χ1v) is 10.0. The van der Waals surface area contributed by atoms with Crippen LogP contribution >= 0.6 is 11.6 Å². The standard InChI is InChI=1S/C16H16ClF3N6O2S/c1-5-29(27,28)10-6-7-12(17)23-13(10)15-25-24-14(26(15)4)9(21-2)8-11(22-3)16(18,19)20/h6-8H,3,5H2,1-2,4H3/b11-8-,21-9?. The third-order valence-electron chi connectivity index (χ3n) is 3.83. The fourth-order valence-corrected chi connectivity index (χ4v) is 3.49. The van der Waals surface area contributed by atoms with E-state index in [0.29, 0.717) is 6.08 Å². The molecule has 0 unspecified atom stereocenters. The number of aromatic nitrogens is 4. The Morgan fingerprint density at radius 2 is 2.00 bits per heavy atom. The third-order valence-corrected chi connectivity index (χ3v) is 5.80. The molecule has 0 saturated heterocycles. The molecule has 2 aromatic rings. The van der Waals surface area contributed by atoms with Gasteiger partial charge in [0.25, 0.3) is 0 Å². The van der Waals surface area contributed by atoms with E-state index in [1.165, 1.54) is 37.7 Å². The molecule has 0 amide bonds. The van der Waals surface area contributed by atoms with E-state index >= 15 is 0 Å². The average Bonchev–Trinajstić information content (AvgIpc) is 3.02. The number of halogens is 4. The molecule has 0 bridgehead atoms. The first-order chi connectivity index (χ1) is 13.5. The minimum Gasteiger partial charge on any atom is -0.307 e. The van der Waals surface area contributed by atoms with Crippen LogP contribution < -0.4 is 0 Å². The first-order valence-electron chi connectivity index (χ1n) is 7.98. The van der Waals surface area contributed by atoms with Gasteiger partial charge in [0, 0.05) is 14.1 Å². The van der Waals surface area contributed by atoms with Crippen molar-refractivity contribution in [3.8, 4) is 11.5 Å². The highest BCUT2D eigenvalue weighted by molar-refractivity contribution is 7.91. The van der Waals surface area contributed by atoms with Gasteiger partial charge in [-0.1, -0.05) is 18.5 Å². The summed E-state index contributed by atoms with van der Waals surface area (Å²) in [5.41, 5.74) is -1.52. The van der Waals surface area contributed by atoms with Gasteiger partial charge in [-0.15, -0.1) is 10.2 Å². The van der Waals surface area contributed by atoms with Gasteiger partial charge in [0.05, 0.1) is 10.6 Å². The molecule has 2 rings (SSSR count). The maximum atomic E-state index is 13.0. The van der Waals surface area contributed by atoms with Crippen LogP contribution in [0.2, 0.25) is 5.15 Å². The zero-order chi connectivity index (χ0) is 22.0. The molecule has 0 saturated carbocycles. The second-order valence-corrected chi connectivity index (χ2v) is 8.22. The van der Waals surface area contributed by atoms with Crippen LogP contribution in [0.25, 0.3) is 11.5 Å². The van der Waals surface area contributed by atoms with Crippen LogP contribution in [-0.2, 0) is 16.9 Å². The Morgan fingerprint density at radius 1 is 1.34 bits per heavy atom. The van der Waals surface area contributed by atoms with Crippen LogP contribution in [0.4, 0.5) is 13.2 Å². The summed E-state index contributed by atoms with van der Waals surface area (Å²) in [4.78, 5) is 10.7. The molecule has 0 fully saturated rings. The Kier molecular flexibility index (Phi) is 6.58. The van der Waals surface area contributed by atoms with Crippen LogP contribution in [0.1, 0.15) is 12.7 Å². The van der Waals surface area contributed by atoms with E-state index in [2.05, 4.69) is 31.9 Å². The van der Waals surface area contributed by atoms with Crippen molar-refractivity contribution in [1.29, 1.82) is 0 Å². The molecule has 0 radical (unpaired) electrons. The van der Waals surface area contributed by atoms with Gasteiger partial charge >= 0.3 is 6.18 Å². The van der Waals surface area contributed by atoms with Crippen LogP contribution in [0.5, 0.6) is 0 Å². The number of pyridine rings is 1. The fraction of sp³-hybridized carbons (Fsp3) is 0.312. The maximum absolute atomic E-state index is 13.0. The highest BCUT2D eigenvalue weighted by Gasteiger charge is 2.34. The molecule has 0 atom stereocenters. The fourth-order valence-electron chi connectivity index (χ4n) is 2.32.